The maximum Gasteiger partial charge on any atom is 0.407 e. The maximum atomic E-state index is 14.5. The molecule has 84 heavy (non-hydrogen) atoms. The predicted octanol–water partition coefficient (Wildman–Crippen LogP) is 13.5. The van der Waals surface area contributed by atoms with Gasteiger partial charge in [-0.3, -0.25) is 24.2 Å². The second-order valence-corrected chi connectivity index (χ2v) is 23.6. The second-order valence-electron chi connectivity index (χ2n) is 23.6. The number of unbranched alkanes of at least 4 members (excludes halogenated alkanes) is 4. The minimum atomic E-state index is -1.13. The fourth-order valence-corrected chi connectivity index (χ4v) is 12.5. The lowest BCUT2D eigenvalue weighted by molar-refractivity contribution is -0.150. The number of nitrogens with zero attached hydrogens (tertiary/aromatic N) is 1. The molecule has 0 aliphatic heterocycles. The second kappa shape index (κ2) is 29.2. The Morgan fingerprint density at radius 3 is 1.85 bits per heavy atom. The summed E-state index contributed by atoms with van der Waals surface area (Å²) < 4.78 is 30.1. The zero-order valence-corrected chi connectivity index (χ0v) is 49.6. The first-order valence-corrected chi connectivity index (χ1v) is 29.8. The fourth-order valence-electron chi connectivity index (χ4n) is 12.5. The number of aliphatic imine (C=N–C) groups is 1. The van der Waals surface area contributed by atoms with Gasteiger partial charge in [-0.15, -0.1) is 0 Å². The Morgan fingerprint density at radius 2 is 1.25 bits per heavy atom. The number of aliphatic hydroxyl groups is 1. The van der Waals surface area contributed by atoms with Crippen LogP contribution in [0.1, 0.15) is 158 Å². The van der Waals surface area contributed by atoms with E-state index >= 15 is 0 Å². The highest BCUT2D eigenvalue weighted by molar-refractivity contribution is 6.22. The van der Waals surface area contributed by atoms with Crippen LogP contribution in [-0.2, 0) is 43.8 Å². The van der Waals surface area contributed by atoms with Gasteiger partial charge in [0.05, 0.1) is 32.8 Å². The van der Waals surface area contributed by atoms with Gasteiger partial charge in [0, 0.05) is 56.2 Å². The highest BCUT2D eigenvalue weighted by Crippen LogP contribution is 2.46. The first-order chi connectivity index (χ1) is 40.5. The summed E-state index contributed by atoms with van der Waals surface area (Å²) in [5.41, 5.74) is 6.15. The third kappa shape index (κ3) is 15.7. The van der Waals surface area contributed by atoms with Crippen molar-refractivity contribution in [2.75, 3.05) is 34.0 Å². The highest BCUT2D eigenvalue weighted by Gasteiger charge is 2.44. The Kier molecular flexibility index (Phi) is 21.7. The average molecular weight is 1140 g/mol. The van der Waals surface area contributed by atoms with Crippen LogP contribution in [0.2, 0.25) is 0 Å². The van der Waals surface area contributed by atoms with Gasteiger partial charge in [0.2, 0.25) is 0 Å². The summed E-state index contributed by atoms with van der Waals surface area (Å²) in [7, 11) is 3.24. The zero-order chi connectivity index (χ0) is 59.8. The Labute approximate surface area is 494 Å². The number of esters is 1. The molecule has 3 aliphatic carbocycles. The molecule has 1 fully saturated rings. The summed E-state index contributed by atoms with van der Waals surface area (Å²) in [6, 6.07) is 41.0. The molecule has 2 N–H and O–H groups in total. The number of nitrogens with one attached hydrogen (secondary N) is 1. The van der Waals surface area contributed by atoms with Crippen LogP contribution in [0.4, 0.5) is 4.79 Å². The van der Waals surface area contributed by atoms with Gasteiger partial charge in [-0.05, 0) is 133 Å². The molecule has 5 aromatic carbocycles. The number of benzene rings is 5. The molecule has 0 spiro atoms. The Hall–Kier alpha value is -7.71. The lowest BCUT2D eigenvalue weighted by Crippen LogP contribution is -2.36. The van der Waals surface area contributed by atoms with Crippen LogP contribution in [0, 0.1) is 17.3 Å². The molecule has 0 radical (unpaired) electrons. The summed E-state index contributed by atoms with van der Waals surface area (Å²) >= 11 is 0. The van der Waals surface area contributed by atoms with Crippen molar-refractivity contribution < 1.29 is 57.6 Å². The van der Waals surface area contributed by atoms with Gasteiger partial charge < -0.3 is 38.9 Å². The van der Waals surface area contributed by atoms with Crippen LogP contribution in [-0.4, -0.2) is 92.1 Å². The fraction of sp³-hybridized carbons (Fsp3) is 0.443. The van der Waals surface area contributed by atoms with Crippen LogP contribution in [0.25, 0.3) is 11.1 Å². The van der Waals surface area contributed by atoms with Crippen molar-refractivity contribution in [2.45, 2.75) is 148 Å². The number of Topliss-reactive ketones (excluding diaryl/α,β-unsaturated/α-hetero) is 4. The summed E-state index contributed by atoms with van der Waals surface area (Å²) in [5, 5.41) is 13.9. The molecule has 0 saturated heterocycles. The van der Waals surface area contributed by atoms with Gasteiger partial charge in [0.1, 0.15) is 53.2 Å². The first kappa shape index (κ1) is 62.3. The zero-order valence-electron chi connectivity index (χ0n) is 49.6. The molecular formula is C70H82N2O12. The van der Waals surface area contributed by atoms with Gasteiger partial charge in [-0.2, -0.15) is 0 Å². The molecule has 8 rings (SSSR count). The van der Waals surface area contributed by atoms with Crippen LogP contribution in [0.5, 0.6) is 11.5 Å². The molecule has 444 valence electrons. The van der Waals surface area contributed by atoms with E-state index in [1.165, 1.54) is 6.92 Å². The molecule has 2 unspecified atom stereocenters. The van der Waals surface area contributed by atoms with E-state index < -0.39 is 35.7 Å². The van der Waals surface area contributed by atoms with Gasteiger partial charge in [0.15, 0.2) is 11.6 Å². The standard InChI is InChI=1S/C70H82N2O12/c1-46(73)29-38-66(78)84-54-40-48(44-83-70(49-20-10-9-11-21-49,50-30-34-52(80-5)35-31-50)51-32-36-53(81-6)37-33-51)59(41-54)62(74)27-12-7-8-13-28-63(75)61(72-47(2)67-64(76)42-69(3,4)43-65(67)77)26-18-19-39-71-68(79)82-45-60-57-24-16-14-22-55(57)56-23-15-17-25-58(56)60/h9-11,14-17,20-25,30-37,48,54,59-61,76H,7-8,12-13,18-19,26-29,38-45H2,1-6H3,(H,71,79)/t48-,54+,59?,61?/m0/s1. The third-order valence-electron chi connectivity index (χ3n) is 16.8. The van der Waals surface area contributed by atoms with Crippen molar-refractivity contribution in [3.8, 4) is 22.6 Å². The number of hydrogen-bond acceptors (Lipinski definition) is 13. The summed E-state index contributed by atoms with van der Waals surface area (Å²) in [5.74, 6) is -0.268. The summed E-state index contributed by atoms with van der Waals surface area (Å²) in [6.07, 6.45) is 4.92. The molecule has 1 amide bonds. The van der Waals surface area contributed by atoms with E-state index in [1.807, 2.05) is 117 Å². The van der Waals surface area contributed by atoms with E-state index in [9.17, 15) is 33.9 Å². The van der Waals surface area contributed by atoms with Crippen LogP contribution < -0.4 is 14.8 Å². The van der Waals surface area contributed by atoms with Crippen molar-refractivity contribution in [2.24, 2.45) is 22.2 Å². The number of ether oxygens (including phenoxy) is 5. The van der Waals surface area contributed by atoms with Crippen molar-refractivity contribution >= 4 is 40.9 Å². The topological polar surface area (TPSA) is 193 Å². The van der Waals surface area contributed by atoms with Crippen LogP contribution >= 0.6 is 0 Å². The van der Waals surface area contributed by atoms with E-state index in [4.69, 9.17) is 28.7 Å². The number of methoxy groups -OCH3 is 2. The number of amides is 1. The Morgan fingerprint density at radius 1 is 0.667 bits per heavy atom. The van der Waals surface area contributed by atoms with E-state index in [-0.39, 0.29) is 90.6 Å². The van der Waals surface area contributed by atoms with Gasteiger partial charge in [0.25, 0.3) is 0 Å². The number of alkyl carbamates (subject to hydrolysis) is 1. The number of ketones is 4. The number of fused-ring (bicyclic) bond motifs is 3. The molecular weight excluding hydrogens is 1060 g/mol. The lowest BCUT2D eigenvalue weighted by Gasteiger charge is -2.37. The first-order valence-electron chi connectivity index (χ1n) is 29.8. The van der Waals surface area contributed by atoms with Crippen LogP contribution in [0.15, 0.2) is 144 Å². The molecule has 0 aromatic heterocycles. The average Bonchev–Trinajstić information content (AvgIpc) is 1.71. The van der Waals surface area contributed by atoms with Gasteiger partial charge in [-0.1, -0.05) is 130 Å². The van der Waals surface area contributed by atoms with E-state index in [0.717, 1.165) is 38.9 Å². The molecule has 0 heterocycles. The predicted molar refractivity (Wildman–Crippen MR) is 323 cm³/mol. The molecule has 4 atom stereocenters. The number of carbonyl (C=O) groups excluding carboxylic acids is 6. The summed E-state index contributed by atoms with van der Waals surface area (Å²) in [4.78, 5) is 84.4. The number of rotatable bonds is 30. The lowest BCUT2D eigenvalue weighted by atomic mass is 9.75. The minimum Gasteiger partial charge on any atom is -0.511 e. The Bertz CT molecular complexity index is 3070. The van der Waals surface area contributed by atoms with Crippen molar-refractivity contribution in [3.05, 3.63) is 167 Å². The number of aliphatic hydroxyl groups excluding tert-OH is 1. The van der Waals surface area contributed by atoms with Crippen molar-refractivity contribution in [1.82, 2.24) is 5.32 Å². The van der Waals surface area contributed by atoms with E-state index in [1.54, 1.807) is 21.1 Å². The van der Waals surface area contributed by atoms with Crippen molar-refractivity contribution in [3.63, 3.8) is 0 Å². The third-order valence-corrected chi connectivity index (χ3v) is 16.8. The molecule has 1 saturated carbocycles. The molecule has 14 nitrogen and oxygen atoms in total. The maximum absolute atomic E-state index is 14.5. The minimum absolute atomic E-state index is 0.00870. The van der Waals surface area contributed by atoms with Gasteiger partial charge >= 0.3 is 12.1 Å². The SMILES string of the molecule is COc1ccc(C(OC[C@@H]2C[C@@H](OC(=O)CCC(C)=O)CC2C(=O)CCCCCCC(=O)C(CCCCNC(=O)OCC2c3ccccc3-c3ccccc32)N=C(C)C2=C(O)CC(C)(C)CC2=O)(c2ccccc2)c2ccc(OC)cc2)cc1. The van der Waals surface area contributed by atoms with Gasteiger partial charge in [-0.25, -0.2) is 4.79 Å². The quantitative estimate of drug-likeness (QED) is 0.0192. The van der Waals surface area contributed by atoms with E-state index in [0.29, 0.717) is 94.4 Å². The smallest absolute Gasteiger partial charge is 0.407 e. The highest BCUT2D eigenvalue weighted by atomic mass is 16.6. The number of allylic oxidation sites excluding steroid dienone is 2. The summed E-state index contributed by atoms with van der Waals surface area (Å²) in [6.45, 7) is 7.69. The Balaban J connectivity index is 0.885. The molecule has 5 aromatic rings. The molecule has 14 heteroatoms. The number of hydrogen-bond donors (Lipinski definition) is 2. The number of carbonyl (C=O) groups is 6. The molecule has 0 bridgehead atoms. The van der Waals surface area contributed by atoms with Crippen molar-refractivity contribution in [1.29, 1.82) is 0 Å². The van der Waals surface area contributed by atoms with Crippen LogP contribution in [0.3, 0.4) is 0 Å². The molecule has 3 aliphatic rings. The largest absolute Gasteiger partial charge is 0.511 e. The normalized spacial score (nSPS) is 17.9. The monoisotopic (exact) mass is 1140 g/mol. The van der Waals surface area contributed by atoms with E-state index in [2.05, 4.69) is 29.6 Å².